The molecule has 1 atom stereocenters. The highest BCUT2D eigenvalue weighted by molar-refractivity contribution is 6.12. The predicted octanol–water partition coefficient (Wildman–Crippen LogP) is 3.41. The molecule has 0 spiro atoms. The number of halogens is 2. The van der Waals surface area contributed by atoms with E-state index in [0.29, 0.717) is 16.9 Å². The lowest BCUT2D eigenvalue weighted by atomic mass is 10.0. The highest BCUT2D eigenvalue weighted by Crippen LogP contribution is 2.43. The average molecular weight is 588 g/mol. The molecule has 1 unspecified atom stereocenters. The van der Waals surface area contributed by atoms with Gasteiger partial charge in [-0.05, 0) is 42.7 Å². The number of benzene rings is 1. The summed E-state index contributed by atoms with van der Waals surface area (Å²) in [6.45, 7) is 9.28. The molecule has 220 valence electrons. The van der Waals surface area contributed by atoms with Crippen molar-refractivity contribution >= 4 is 34.4 Å². The molecule has 3 aromatic heterocycles. The minimum atomic E-state index is -1.12. The fraction of sp³-hybridized carbons (Fsp3) is 0.267. The number of nitrogens with one attached hydrogen (secondary N) is 1. The summed E-state index contributed by atoms with van der Waals surface area (Å²) in [5, 5.41) is 13.2. The number of phenols is 1. The average Bonchev–Trinajstić information content (AvgIpc) is 3.09. The van der Waals surface area contributed by atoms with Crippen molar-refractivity contribution in [2.75, 3.05) is 29.9 Å². The van der Waals surface area contributed by atoms with E-state index in [4.69, 9.17) is 0 Å². The molecule has 2 amide bonds. The highest BCUT2D eigenvalue weighted by atomic mass is 19.1. The number of amides is 2. The molecule has 4 aromatic rings. The minimum Gasteiger partial charge on any atom is -0.507 e. The number of hydrogen-bond donors (Lipinski definition) is 2. The van der Waals surface area contributed by atoms with Crippen LogP contribution in [0.3, 0.4) is 0 Å². The van der Waals surface area contributed by atoms with Crippen LogP contribution in [-0.2, 0) is 9.59 Å². The summed E-state index contributed by atoms with van der Waals surface area (Å²) in [4.78, 5) is 56.3. The van der Waals surface area contributed by atoms with Crippen LogP contribution < -0.4 is 15.9 Å². The van der Waals surface area contributed by atoms with Crippen molar-refractivity contribution in [3.05, 3.63) is 76.5 Å². The van der Waals surface area contributed by atoms with Crippen molar-refractivity contribution in [1.82, 2.24) is 24.4 Å². The van der Waals surface area contributed by atoms with Crippen LogP contribution in [0.5, 0.6) is 5.75 Å². The summed E-state index contributed by atoms with van der Waals surface area (Å²) < 4.78 is 32.8. The SMILES string of the molecule is C=CC(=O)N1CCN2c3nc(=O)n(-c4c(C)ccnc4C(C)C)c4nc(-c5c(O)cccc5F)c(F)c(c34)NC(=O)C2C1. The number of hydrogen-bond acceptors (Lipinski definition) is 8. The van der Waals surface area contributed by atoms with Gasteiger partial charge in [-0.1, -0.05) is 26.5 Å². The van der Waals surface area contributed by atoms with E-state index in [1.54, 1.807) is 24.1 Å². The van der Waals surface area contributed by atoms with Gasteiger partial charge in [-0.25, -0.2) is 23.1 Å². The Balaban J connectivity index is 1.74. The summed E-state index contributed by atoms with van der Waals surface area (Å²) in [5.74, 6) is -3.89. The third kappa shape index (κ3) is 4.30. The zero-order valence-electron chi connectivity index (χ0n) is 23.6. The van der Waals surface area contributed by atoms with Crippen LogP contribution in [0.2, 0.25) is 0 Å². The van der Waals surface area contributed by atoms with E-state index in [2.05, 4.69) is 26.8 Å². The van der Waals surface area contributed by atoms with E-state index in [1.165, 1.54) is 21.6 Å². The van der Waals surface area contributed by atoms with Gasteiger partial charge in [-0.2, -0.15) is 4.98 Å². The van der Waals surface area contributed by atoms with Crippen molar-refractivity contribution in [3.63, 3.8) is 0 Å². The van der Waals surface area contributed by atoms with E-state index in [0.717, 1.165) is 12.1 Å². The second kappa shape index (κ2) is 10.3. The molecular formula is C30H27F2N7O4. The van der Waals surface area contributed by atoms with Crippen LogP contribution in [-0.4, -0.2) is 67.0 Å². The van der Waals surface area contributed by atoms with E-state index in [-0.39, 0.29) is 54.0 Å². The van der Waals surface area contributed by atoms with Crippen LogP contribution in [0.1, 0.15) is 31.0 Å². The molecule has 6 rings (SSSR count). The first-order valence-corrected chi connectivity index (χ1v) is 13.6. The maximum Gasteiger partial charge on any atom is 0.355 e. The molecular weight excluding hydrogens is 560 g/mol. The number of rotatable bonds is 4. The molecule has 43 heavy (non-hydrogen) atoms. The molecule has 5 heterocycles. The second-order valence-electron chi connectivity index (χ2n) is 10.7. The van der Waals surface area contributed by atoms with E-state index >= 15 is 8.78 Å². The zero-order valence-corrected chi connectivity index (χ0v) is 23.6. The Labute approximate surface area is 244 Å². The van der Waals surface area contributed by atoms with E-state index in [9.17, 15) is 19.5 Å². The van der Waals surface area contributed by atoms with Crippen molar-refractivity contribution in [1.29, 1.82) is 0 Å². The molecule has 2 aliphatic rings. The van der Waals surface area contributed by atoms with Gasteiger partial charge in [0.15, 0.2) is 11.5 Å². The van der Waals surface area contributed by atoms with Crippen LogP contribution in [0.25, 0.3) is 28.0 Å². The topological polar surface area (TPSA) is 134 Å². The number of carbonyl (C=O) groups excluding carboxylic acids is 2. The number of aromatic nitrogens is 4. The lowest BCUT2D eigenvalue weighted by Crippen LogP contribution is -2.58. The van der Waals surface area contributed by atoms with Gasteiger partial charge in [0.25, 0.3) is 0 Å². The quantitative estimate of drug-likeness (QED) is 0.347. The van der Waals surface area contributed by atoms with Crippen molar-refractivity contribution in [2.24, 2.45) is 0 Å². The second-order valence-corrected chi connectivity index (χ2v) is 10.7. The summed E-state index contributed by atoms with van der Waals surface area (Å²) in [7, 11) is 0. The fourth-order valence-corrected chi connectivity index (χ4v) is 5.73. The molecule has 2 N–H and O–H groups in total. The molecule has 13 heteroatoms. The first-order valence-electron chi connectivity index (χ1n) is 13.6. The molecule has 11 nitrogen and oxygen atoms in total. The smallest absolute Gasteiger partial charge is 0.355 e. The van der Waals surface area contributed by atoms with Gasteiger partial charge in [-0.15, -0.1) is 0 Å². The standard InChI is InChI=1S/C30H27F2N7O4/c1-5-19(41)37-11-12-38-17(13-37)29(42)35-25-21-27(38)36-30(43)39(26-15(4)9-10-33-23(26)14(2)3)28(21)34-24(22(25)32)20-16(31)7-6-8-18(20)40/h5-10,14,17,40H,1,11-13H2,2-4H3,(H,35,42). The number of carbonyl (C=O) groups is 2. The first-order chi connectivity index (χ1) is 20.5. The van der Waals surface area contributed by atoms with Gasteiger partial charge in [0.05, 0.1) is 34.6 Å². The number of nitrogens with zero attached hydrogens (tertiary/aromatic N) is 6. The van der Waals surface area contributed by atoms with Crippen LogP contribution in [0.15, 0.2) is 47.9 Å². The Hall–Kier alpha value is -5.20. The van der Waals surface area contributed by atoms with Crippen LogP contribution >= 0.6 is 0 Å². The maximum absolute atomic E-state index is 16.5. The summed E-state index contributed by atoms with van der Waals surface area (Å²) in [6.07, 6.45) is 2.74. The zero-order chi connectivity index (χ0) is 30.7. The molecule has 1 saturated heterocycles. The Morgan fingerprint density at radius 3 is 2.65 bits per heavy atom. The largest absolute Gasteiger partial charge is 0.507 e. The predicted molar refractivity (Wildman–Crippen MR) is 155 cm³/mol. The number of fused-ring (bicyclic) bond motifs is 2. The Kier molecular flexibility index (Phi) is 6.67. The van der Waals surface area contributed by atoms with Gasteiger partial charge in [0.1, 0.15) is 29.1 Å². The summed E-state index contributed by atoms with van der Waals surface area (Å²) >= 11 is 0. The number of piperazine rings is 1. The number of pyridine rings is 2. The third-order valence-electron chi connectivity index (χ3n) is 7.79. The Morgan fingerprint density at radius 2 is 1.95 bits per heavy atom. The lowest BCUT2D eigenvalue weighted by Gasteiger charge is -2.39. The normalized spacial score (nSPS) is 16.2. The summed E-state index contributed by atoms with van der Waals surface area (Å²) in [5.41, 5.74) is -0.890. The lowest BCUT2D eigenvalue weighted by molar-refractivity contribution is -0.128. The first kappa shape index (κ1) is 27.9. The van der Waals surface area contributed by atoms with Gasteiger partial charge < -0.3 is 20.2 Å². The maximum atomic E-state index is 16.5. The minimum absolute atomic E-state index is 0.00832. The molecule has 1 aromatic carbocycles. The molecule has 0 radical (unpaired) electrons. The van der Waals surface area contributed by atoms with Crippen molar-refractivity contribution < 1.29 is 23.5 Å². The van der Waals surface area contributed by atoms with Gasteiger partial charge in [0, 0.05) is 19.3 Å². The molecule has 0 aliphatic carbocycles. The number of anilines is 2. The monoisotopic (exact) mass is 587 g/mol. The Bertz CT molecular complexity index is 1900. The number of aromatic hydroxyl groups is 1. The molecule has 2 aliphatic heterocycles. The van der Waals surface area contributed by atoms with Crippen molar-refractivity contribution in [3.8, 4) is 22.7 Å². The highest BCUT2D eigenvalue weighted by Gasteiger charge is 2.41. The number of aryl methyl sites for hydroxylation is 1. The third-order valence-corrected chi connectivity index (χ3v) is 7.79. The fourth-order valence-electron chi connectivity index (χ4n) is 5.73. The summed E-state index contributed by atoms with van der Waals surface area (Å²) in [6, 6.07) is 4.14. The molecule has 0 saturated carbocycles. The Morgan fingerprint density at radius 1 is 1.19 bits per heavy atom. The van der Waals surface area contributed by atoms with E-state index in [1.807, 2.05) is 13.8 Å². The van der Waals surface area contributed by atoms with E-state index < -0.39 is 46.3 Å². The van der Waals surface area contributed by atoms with Gasteiger partial charge in [-0.3, -0.25) is 14.6 Å². The molecule has 1 fully saturated rings. The van der Waals surface area contributed by atoms with Gasteiger partial charge >= 0.3 is 5.69 Å². The number of phenolic OH excluding ortho intramolecular Hbond substituents is 1. The van der Waals surface area contributed by atoms with Gasteiger partial charge in [0.2, 0.25) is 11.8 Å². The molecule has 0 bridgehead atoms. The van der Waals surface area contributed by atoms with Crippen LogP contribution in [0, 0.1) is 18.6 Å². The van der Waals surface area contributed by atoms with Crippen molar-refractivity contribution in [2.45, 2.75) is 32.7 Å². The van der Waals surface area contributed by atoms with Crippen LogP contribution in [0.4, 0.5) is 20.3 Å².